The quantitative estimate of drug-likeness (QED) is 0.795. The third-order valence-corrected chi connectivity index (χ3v) is 5.42. The number of nitrogens with zero attached hydrogens (tertiary/aromatic N) is 3. The molecule has 1 aromatic carbocycles. The lowest BCUT2D eigenvalue weighted by Gasteiger charge is -2.27. The van der Waals surface area contributed by atoms with E-state index in [2.05, 4.69) is 0 Å². The lowest BCUT2D eigenvalue weighted by atomic mass is 10.2. The van der Waals surface area contributed by atoms with E-state index >= 15 is 0 Å². The minimum Gasteiger partial charge on any atom is -0.326 e. The van der Waals surface area contributed by atoms with Crippen molar-refractivity contribution in [3.05, 3.63) is 52.2 Å². The molecule has 0 bridgehead atoms. The highest BCUT2D eigenvalue weighted by Crippen LogP contribution is 2.21. The summed E-state index contributed by atoms with van der Waals surface area (Å²) in [7, 11) is 0. The van der Waals surface area contributed by atoms with Gasteiger partial charge in [-0.3, -0.25) is 19.3 Å². The number of carbonyl (C=O) groups is 3. The van der Waals surface area contributed by atoms with Crippen molar-refractivity contribution in [2.24, 2.45) is 0 Å². The van der Waals surface area contributed by atoms with E-state index in [0.29, 0.717) is 4.88 Å². The van der Waals surface area contributed by atoms with Crippen LogP contribution in [0.4, 0.5) is 5.69 Å². The first kappa shape index (κ1) is 19.1. The van der Waals surface area contributed by atoms with Crippen LogP contribution in [-0.2, 0) is 9.59 Å². The third-order valence-electron chi connectivity index (χ3n) is 4.56. The van der Waals surface area contributed by atoms with Crippen molar-refractivity contribution >= 4 is 34.7 Å². The second-order valence-electron chi connectivity index (χ2n) is 6.89. The van der Waals surface area contributed by atoms with Gasteiger partial charge in [0.25, 0.3) is 5.91 Å². The Labute approximate surface area is 163 Å². The first-order valence-corrected chi connectivity index (χ1v) is 9.74. The highest BCUT2D eigenvalue weighted by atomic mass is 32.1. The molecule has 1 fully saturated rings. The molecule has 0 spiro atoms. The molecule has 1 saturated heterocycles. The summed E-state index contributed by atoms with van der Waals surface area (Å²) >= 11 is 1.36. The summed E-state index contributed by atoms with van der Waals surface area (Å²) in [6, 6.07) is 11.1. The average Bonchev–Trinajstić information content (AvgIpc) is 3.29. The summed E-state index contributed by atoms with van der Waals surface area (Å²) in [6.07, 6.45) is 0. The number of carbonyl (C=O) groups excluding carboxylic acids is 3. The Morgan fingerprint density at radius 3 is 2.48 bits per heavy atom. The van der Waals surface area contributed by atoms with E-state index in [1.54, 1.807) is 15.9 Å². The van der Waals surface area contributed by atoms with Gasteiger partial charge in [-0.05, 0) is 44.4 Å². The molecule has 0 atom stereocenters. The maximum absolute atomic E-state index is 12.8. The summed E-state index contributed by atoms with van der Waals surface area (Å²) in [5.41, 5.74) is 1.88. The van der Waals surface area contributed by atoms with E-state index in [-0.39, 0.29) is 43.5 Å². The van der Waals surface area contributed by atoms with Crippen LogP contribution in [0.25, 0.3) is 0 Å². The lowest BCUT2D eigenvalue weighted by Crippen LogP contribution is -2.45. The van der Waals surface area contributed by atoms with Crippen LogP contribution in [0.15, 0.2) is 41.8 Å². The van der Waals surface area contributed by atoms with Crippen LogP contribution >= 0.6 is 11.3 Å². The number of amides is 3. The number of thiophene rings is 1. The van der Waals surface area contributed by atoms with E-state index < -0.39 is 0 Å². The monoisotopic (exact) mass is 385 g/mol. The molecule has 1 aliphatic rings. The van der Waals surface area contributed by atoms with Crippen molar-refractivity contribution in [3.8, 4) is 0 Å². The van der Waals surface area contributed by atoms with Crippen molar-refractivity contribution in [1.29, 1.82) is 0 Å². The molecule has 1 aliphatic heterocycles. The Balaban J connectivity index is 1.69. The molecule has 3 rings (SSSR count). The molecule has 0 radical (unpaired) electrons. The highest BCUT2D eigenvalue weighted by Gasteiger charge is 2.33. The van der Waals surface area contributed by atoms with Crippen LogP contribution in [0.2, 0.25) is 0 Å². The molecule has 0 N–H and O–H groups in total. The maximum Gasteiger partial charge on any atom is 0.264 e. The normalized spacial score (nSPS) is 14.1. The van der Waals surface area contributed by atoms with Gasteiger partial charge in [0.1, 0.15) is 19.8 Å². The van der Waals surface area contributed by atoms with Crippen LogP contribution in [0, 0.1) is 6.92 Å². The zero-order valence-corrected chi connectivity index (χ0v) is 16.5. The predicted octanol–water partition coefficient (Wildman–Crippen LogP) is 2.74. The molecular formula is C20H23N3O3S. The average molecular weight is 385 g/mol. The Morgan fingerprint density at radius 2 is 1.89 bits per heavy atom. The molecule has 27 heavy (non-hydrogen) atoms. The van der Waals surface area contributed by atoms with Crippen LogP contribution in [0.1, 0.15) is 29.1 Å². The molecule has 0 unspecified atom stereocenters. The van der Waals surface area contributed by atoms with Crippen molar-refractivity contribution in [2.45, 2.75) is 26.8 Å². The van der Waals surface area contributed by atoms with Crippen molar-refractivity contribution < 1.29 is 14.4 Å². The number of hydrogen-bond acceptors (Lipinski definition) is 4. The van der Waals surface area contributed by atoms with Gasteiger partial charge in [0.05, 0.1) is 4.88 Å². The number of aryl methyl sites for hydroxylation is 1. The van der Waals surface area contributed by atoms with Crippen molar-refractivity contribution in [1.82, 2.24) is 9.80 Å². The molecule has 142 valence electrons. The fourth-order valence-corrected chi connectivity index (χ4v) is 3.62. The molecular weight excluding hydrogens is 362 g/mol. The summed E-state index contributed by atoms with van der Waals surface area (Å²) in [5.74, 6) is -0.501. The summed E-state index contributed by atoms with van der Waals surface area (Å²) in [4.78, 5) is 43.1. The minimum absolute atomic E-state index is 0.0336. The molecule has 7 heteroatoms. The number of anilines is 1. The fraction of sp³-hybridized carbons (Fsp3) is 0.350. The predicted molar refractivity (Wildman–Crippen MR) is 106 cm³/mol. The van der Waals surface area contributed by atoms with E-state index in [9.17, 15) is 14.4 Å². The zero-order valence-electron chi connectivity index (χ0n) is 15.7. The third kappa shape index (κ3) is 4.19. The Morgan fingerprint density at radius 1 is 1.19 bits per heavy atom. The standard InChI is InChI=1S/C20H23N3O3S/c1-14(2)22(20(26)17-5-4-10-27-17)12-18(24)21-11-19(25)23(13-21)16-8-6-15(3)7-9-16/h4-10,14H,11-13H2,1-3H3. The number of benzene rings is 1. The van der Waals surface area contributed by atoms with Crippen molar-refractivity contribution in [2.75, 3.05) is 24.7 Å². The smallest absolute Gasteiger partial charge is 0.264 e. The fourth-order valence-electron chi connectivity index (χ4n) is 2.94. The molecule has 0 aliphatic carbocycles. The van der Waals surface area contributed by atoms with Gasteiger partial charge in [0.2, 0.25) is 11.8 Å². The Bertz CT molecular complexity index is 831. The molecule has 0 saturated carbocycles. The lowest BCUT2D eigenvalue weighted by molar-refractivity contribution is -0.132. The van der Waals surface area contributed by atoms with Gasteiger partial charge >= 0.3 is 0 Å². The first-order valence-electron chi connectivity index (χ1n) is 8.86. The van der Waals surface area contributed by atoms with Crippen LogP contribution in [0.5, 0.6) is 0 Å². The molecule has 1 aromatic heterocycles. The van der Waals surface area contributed by atoms with Gasteiger partial charge in [0, 0.05) is 11.7 Å². The topological polar surface area (TPSA) is 60.9 Å². The van der Waals surface area contributed by atoms with Crippen LogP contribution in [-0.4, -0.2) is 53.3 Å². The minimum atomic E-state index is -0.225. The Hall–Kier alpha value is -2.67. The Kier molecular flexibility index (Phi) is 5.60. The van der Waals surface area contributed by atoms with E-state index in [1.807, 2.05) is 56.5 Å². The molecule has 2 heterocycles. The van der Waals surface area contributed by atoms with Gasteiger partial charge in [-0.2, -0.15) is 0 Å². The van der Waals surface area contributed by atoms with Gasteiger partial charge in [0.15, 0.2) is 0 Å². The van der Waals surface area contributed by atoms with E-state index in [0.717, 1.165) is 11.3 Å². The maximum atomic E-state index is 12.8. The second-order valence-corrected chi connectivity index (χ2v) is 7.84. The van der Waals surface area contributed by atoms with Gasteiger partial charge in [-0.25, -0.2) is 0 Å². The molecule has 6 nitrogen and oxygen atoms in total. The van der Waals surface area contributed by atoms with Gasteiger partial charge < -0.3 is 9.80 Å². The van der Waals surface area contributed by atoms with E-state index in [1.165, 1.54) is 16.2 Å². The van der Waals surface area contributed by atoms with Crippen LogP contribution in [0.3, 0.4) is 0 Å². The molecule has 3 amide bonds. The SMILES string of the molecule is Cc1ccc(N2CN(C(=O)CN(C(=O)c3cccs3)C(C)C)CC2=O)cc1. The highest BCUT2D eigenvalue weighted by molar-refractivity contribution is 7.12. The summed E-state index contributed by atoms with van der Waals surface area (Å²) in [5, 5.41) is 1.84. The number of rotatable bonds is 5. The van der Waals surface area contributed by atoms with Crippen LogP contribution < -0.4 is 4.90 Å². The van der Waals surface area contributed by atoms with Crippen molar-refractivity contribution in [3.63, 3.8) is 0 Å². The number of hydrogen-bond donors (Lipinski definition) is 0. The summed E-state index contributed by atoms with van der Waals surface area (Å²) < 4.78 is 0. The first-order chi connectivity index (χ1) is 12.9. The largest absolute Gasteiger partial charge is 0.326 e. The zero-order chi connectivity index (χ0) is 19.6. The van der Waals surface area contributed by atoms with E-state index in [4.69, 9.17) is 0 Å². The second kappa shape index (κ2) is 7.92. The summed E-state index contributed by atoms with van der Waals surface area (Å²) in [6.45, 7) is 5.95. The van der Waals surface area contributed by atoms with Gasteiger partial charge in [-0.15, -0.1) is 11.3 Å². The molecule has 2 aromatic rings. The van der Waals surface area contributed by atoms with Gasteiger partial charge in [-0.1, -0.05) is 23.8 Å².